The van der Waals surface area contributed by atoms with Crippen molar-refractivity contribution < 1.29 is 14.3 Å². The molecule has 0 saturated carbocycles. The Labute approximate surface area is 118 Å². The maximum Gasteiger partial charge on any atom is 0.260 e. The van der Waals surface area contributed by atoms with E-state index in [0.29, 0.717) is 17.3 Å². The lowest BCUT2D eigenvalue weighted by Gasteiger charge is -2.16. The second kappa shape index (κ2) is 6.78. The van der Waals surface area contributed by atoms with Crippen molar-refractivity contribution in [2.45, 2.75) is 32.0 Å². The van der Waals surface area contributed by atoms with E-state index >= 15 is 0 Å². The van der Waals surface area contributed by atoms with Crippen molar-refractivity contribution in [2.24, 2.45) is 0 Å². The first kappa shape index (κ1) is 14.2. The lowest BCUT2D eigenvalue weighted by Crippen LogP contribution is -2.40. The number of hydrogen-bond donors (Lipinski definition) is 1. The number of halogens is 1. The van der Waals surface area contributed by atoms with Gasteiger partial charge < -0.3 is 14.8 Å². The van der Waals surface area contributed by atoms with Crippen molar-refractivity contribution in [3.63, 3.8) is 0 Å². The Hall–Kier alpha value is -1.26. The number of nitrogens with one attached hydrogen (secondary N) is 1. The molecule has 19 heavy (non-hydrogen) atoms. The standard InChI is InChI=1S/C14H18ClNO3/c1-10(19-12-5-2-4-11(15)8-12)14(17)16-9-13-6-3-7-18-13/h2,4-5,8,10,13H,3,6-7,9H2,1H3,(H,16,17)/t10-,13+/m0/s1. The van der Waals surface area contributed by atoms with Crippen molar-refractivity contribution >= 4 is 17.5 Å². The monoisotopic (exact) mass is 283 g/mol. The van der Waals surface area contributed by atoms with E-state index in [9.17, 15) is 4.79 Å². The van der Waals surface area contributed by atoms with Crippen LogP contribution in [0.2, 0.25) is 5.02 Å². The molecule has 104 valence electrons. The molecule has 1 amide bonds. The molecule has 1 saturated heterocycles. The van der Waals surface area contributed by atoms with Gasteiger partial charge in [-0.25, -0.2) is 0 Å². The summed E-state index contributed by atoms with van der Waals surface area (Å²) in [5.41, 5.74) is 0. The molecule has 1 N–H and O–H groups in total. The first-order chi connectivity index (χ1) is 9.15. The molecule has 5 heteroatoms. The zero-order chi connectivity index (χ0) is 13.7. The van der Waals surface area contributed by atoms with Crippen molar-refractivity contribution in [1.82, 2.24) is 5.32 Å². The molecule has 0 bridgehead atoms. The molecule has 1 fully saturated rings. The predicted octanol–water partition coefficient (Wildman–Crippen LogP) is 2.40. The highest BCUT2D eigenvalue weighted by atomic mass is 35.5. The van der Waals surface area contributed by atoms with Gasteiger partial charge in [0.2, 0.25) is 0 Å². The van der Waals surface area contributed by atoms with Gasteiger partial charge in [-0.3, -0.25) is 4.79 Å². The second-order valence-corrected chi connectivity index (χ2v) is 5.03. The van der Waals surface area contributed by atoms with Gasteiger partial charge in [-0.15, -0.1) is 0 Å². The molecule has 4 nitrogen and oxygen atoms in total. The number of rotatable bonds is 5. The van der Waals surface area contributed by atoms with Crippen LogP contribution >= 0.6 is 11.6 Å². The Morgan fingerprint density at radius 2 is 2.47 bits per heavy atom. The minimum atomic E-state index is -0.556. The normalized spacial score (nSPS) is 20.0. The Kier molecular flexibility index (Phi) is 5.05. The minimum Gasteiger partial charge on any atom is -0.481 e. The number of amides is 1. The number of hydrogen-bond acceptors (Lipinski definition) is 3. The molecule has 1 aromatic carbocycles. The van der Waals surface area contributed by atoms with E-state index in [1.807, 2.05) is 0 Å². The first-order valence-electron chi connectivity index (χ1n) is 6.46. The quantitative estimate of drug-likeness (QED) is 0.903. The summed E-state index contributed by atoms with van der Waals surface area (Å²) in [6.07, 6.45) is 1.65. The van der Waals surface area contributed by atoms with E-state index < -0.39 is 6.10 Å². The fourth-order valence-corrected chi connectivity index (χ4v) is 2.14. The summed E-state index contributed by atoms with van der Waals surface area (Å²) in [6.45, 7) is 3.04. The number of benzene rings is 1. The van der Waals surface area contributed by atoms with E-state index in [2.05, 4.69) is 5.32 Å². The Morgan fingerprint density at radius 1 is 1.63 bits per heavy atom. The third kappa shape index (κ3) is 4.40. The molecule has 1 aliphatic heterocycles. The van der Waals surface area contributed by atoms with Crippen molar-refractivity contribution in [2.75, 3.05) is 13.2 Å². The predicted molar refractivity (Wildman–Crippen MR) is 73.5 cm³/mol. The zero-order valence-corrected chi connectivity index (χ0v) is 11.7. The van der Waals surface area contributed by atoms with Gasteiger partial charge in [0.05, 0.1) is 6.10 Å². The largest absolute Gasteiger partial charge is 0.481 e. The smallest absolute Gasteiger partial charge is 0.260 e. The minimum absolute atomic E-state index is 0.141. The molecule has 0 aromatic heterocycles. The lowest BCUT2D eigenvalue weighted by atomic mass is 10.2. The average Bonchev–Trinajstić information content (AvgIpc) is 2.89. The first-order valence-corrected chi connectivity index (χ1v) is 6.84. The highest BCUT2D eigenvalue weighted by Crippen LogP contribution is 2.18. The fourth-order valence-electron chi connectivity index (χ4n) is 1.96. The van der Waals surface area contributed by atoms with Gasteiger partial charge in [-0.2, -0.15) is 0 Å². The molecular formula is C14H18ClNO3. The Bertz CT molecular complexity index is 432. The summed E-state index contributed by atoms with van der Waals surface area (Å²) >= 11 is 5.86. The molecular weight excluding hydrogens is 266 g/mol. The molecule has 2 atom stereocenters. The summed E-state index contributed by atoms with van der Waals surface area (Å²) < 4.78 is 11.0. The topological polar surface area (TPSA) is 47.6 Å². The van der Waals surface area contributed by atoms with Crippen LogP contribution in [-0.2, 0) is 9.53 Å². The maximum absolute atomic E-state index is 11.9. The Morgan fingerprint density at radius 3 is 3.16 bits per heavy atom. The van der Waals surface area contributed by atoms with Crippen LogP contribution in [0.15, 0.2) is 24.3 Å². The summed E-state index contributed by atoms with van der Waals surface area (Å²) in [4.78, 5) is 11.9. The van der Waals surface area contributed by atoms with Gasteiger partial charge in [0, 0.05) is 18.2 Å². The molecule has 1 aliphatic rings. The number of carbonyl (C=O) groups excluding carboxylic acids is 1. The van der Waals surface area contributed by atoms with Crippen LogP contribution in [0.5, 0.6) is 5.75 Å². The van der Waals surface area contributed by atoms with Crippen molar-refractivity contribution in [1.29, 1.82) is 0 Å². The number of ether oxygens (including phenoxy) is 2. The van der Waals surface area contributed by atoms with Gasteiger partial charge in [0.25, 0.3) is 5.91 Å². The van der Waals surface area contributed by atoms with E-state index in [1.165, 1.54) is 0 Å². The van der Waals surface area contributed by atoms with E-state index in [4.69, 9.17) is 21.1 Å². The van der Waals surface area contributed by atoms with Crippen LogP contribution < -0.4 is 10.1 Å². The molecule has 1 heterocycles. The highest BCUT2D eigenvalue weighted by molar-refractivity contribution is 6.30. The van der Waals surface area contributed by atoms with Crippen LogP contribution in [0.3, 0.4) is 0 Å². The van der Waals surface area contributed by atoms with Gasteiger partial charge in [-0.1, -0.05) is 17.7 Å². The van der Waals surface area contributed by atoms with Gasteiger partial charge in [-0.05, 0) is 38.0 Å². The zero-order valence-electron chi connectivity index (χ0n) is 10.9. The average molecular weight is 284 g/mol. The third-order valence-corrected chi connectivity index (χ3v) is 3.24. The molecule has 1 aromatic rings. The van der Waals surface area contributed by atoms with Crippen LogP contribution in [-0.4, -0.2) is 31.3 Å². The van der Waals surface area contributed by atoms with Crippen molar-refractivity contribution in [3.05, 3.63) is 29.3 Å². The van der Waals surface area contributed by atoms with Crippen molar-refractivity contribution in [3.8, 4) is 5.75 Å². The van der Waals surface area contributed by atoms with E-state index in [0.717, 1.165) is 19.4 Å². The molecule has 0 aliphatic carbocycles. The van der Waals surface area contributed by atoms with Gasteiger partial charge in [0.1, 0.15) is 5.75 Å². The summed E-state index contributed by atoms with van der Waals surface area (Å²) in [6, 6.07) is 7.01. The van der Waals surface area contributed by atoms with Crippen LogP contribution in [0.25, 0.3) is 0 Å². The van der Waals surface area contributed by atoms with Crippen LogP contribution in [0, 0.1) is 0 Å². The second-order valence-electron chi connectivity index (χ2n) is 4.60. The number of carbonyl (C=O) groups is 1. The van der Waals surface area contributed by atoms with Crippen LogP contribution in [0.4, 0.5) is 0 Å². The molecule has 0 unspecified atom stereocenters. The fraction of sp³-hybridized carbons (Fsp3) is 0.500. The maximum atomic E-state index is 11.9. The molecule has 0 spiro atoms. The van der Waals surface area contributed by atoms with E-state index in [1.54, 1.807) is 31.2 Å². The Balaban J connectivity index is 1.78. The van der Waals surface area contributed by atoms with Crippen LogP contribution in [0.1, 0.15) is 19.8 Å². The lowest BCUT2D eigenvalue weighted by molar-refractivity contribution is -0.127. The third-order valence-electron chi connectivity index (χ3n) is 3.01. The van der Waals surface area contributed by atoms with E-state index in [-0.39, 0.29) is 12.0 Å². The summed E-state index contributed by atoms with van der Waals surface area (Å²) in [7, 11) is 0. The SMILES string of the molecule is C[C@H](Oc1cccc(Cl)c1)C(=O)NC[C@H]1CCCO1. The highest BCUT2D eigenvalue weighted by Gasteiger charge is 2.19. The molecule has 0 radical (unpaired) electrons. The summed E-state index contributed by atoms with van der Waals surface area (Å²) in [5, 5.41) is 3.42. The van der Waals surface area contributed by atoms with Gasteiger partial charge >= 0.3 is 0 Å². The molecule has 2 rings (SSSR count). The van der Waals surface area contributed by atoms with Gasteiger partial charge in [0.15, 0.2) is 6.10 Å². The summed E-state index contributed by atoms with van der Waals surface area (Å²) in [5.74, 6) is 0.447.